The molecular formula is C30H30Br2S2Si. The van der Waals surface area contributed by atoms with Crippen LogP contribution in [0, 0.1) is 0 Å². The first kappa shape index (κ1) is 24.6. The number of halogens is 2. The molecule has 0 bridgehead atoms. The van der Waals surface area contributed by atoms with Crippen LogP contribution in [0.5, 0.6) is 0 Å². The number of thioether (sulfide) groups is 2. The average Bonchev–Trinajstić information content (AvgIpc) is 3.46. The van der Waals surface area contributed by atoms with Crippen molar-refractivity contribution in [2.45, 2.75) is 74.9 Å². The van der Waals surface area contributed by atoms with Gasteiger partial charge >= 0.3 is 0 Å². The highest BCUT2D eigenvalue weighted by molar-refractivity contribution is 9.10. The molecule has 2 aliphatic carbocycles. The third-order valence-corrected chi connectivity index (χ3v) is 16.5. The monoisotopic (exact) mass is 640 g/mol. The molecule has 4 aliphatic rings. The minimum absolute atomic E-state index is 0.545. The highest BCUT2D eigenvalue weighted by atomic mass is 79.9. The summed E-state index contributed by atoms with van der Waals surface area (Å²) in [6, 6.07) is 5.02. The van der Waals surface area contributed by atoms with E-state index < -0.39 is 8.07 Å². The SMILES string of the molecule is CC1=Cc2c(Br)c3c(cc2=C1[Si](C)(C)C1=c2cc4c(c(Br)c2C=C1C)=C(C)C(C)S4)SC(C)C=3C. The van der Waals surface area contributed by atoms with E-state index >= 15 is 0 Å². The Hall–Kier alpha value is -0.723. The molecule has 6 rings (SSSR count). The summed E-state index contributed by atoms with van der Waals surface area (Å²) in [6.07, 6.45) is 4.88. The second kappa shape index (κ2) is 8.14. The Kier molecular flexibility index (Phi) is 5.72. The van der Waals surface area contributed by atoms with Crippen molar-refractivity contribution in [3.63, 3.8) is 0 Å². The zero-order valence-electron chi connectivity index (χ0n) is 21.5. The van der Waals surface area contributed by atoms with Gasteiger partial charge in [-0.1, -0.05) is 47.5 Å². The van der Waals surface area contributed by atoms with E-state index in [1.165, 1.54) is 73.0 Å². The molecule has 0 fully saturated rings. The quantitative estimate of drug-likeness (QED) is 0.319. The third kappa shape index (κ3) is 3.30. The molecule has 2 aromatic rings. The molecule has 0 nitrogen and oxygen atoms in total. The maximum absolute atomic E-state index is 4.04. The Bertz CT molecular complexity index is 1580. The summed E-state index contributed by atoms with van der Waals surface area (Å²) in [6.45, 7) is 19.0. The van der Waals surface area contributed by atoms with Crippen molar-refractivity contribution < 1.29 is 0 Å². The van der Waals surface area contributed by atoms with Crippen molar-refractivity contribution in [1.29, 1.82) is 0 Å². The molecular weight excluding hydrogens is 612 g/mol. The van der Waals surface area contributed by atoms with Crippen molar-refractivity contribution in [3.8, 4) is 0 Å². The van der Waals surface area contributed by atoms with Gasteiger partial charge in [-0.15, -0.1) is 23.5 Å². The van der Waals surface area contributed by atoms with Crippen LogP contribution in [-0.2, 0) is 0 Å². The van der Waals surface area contributed by atoms with E-state index in [2.05, 4.69) is 111 Å². The topological polar surface area (TPSA) is 0 Å². The first-order chi connectivity index (χ1) is 16.4. The smallest absolute Gasteiger partial charge is 0.114 e. The maximum atomic E-state index is 4.04. The first-order valence-electron chi connectivity index (χ1n) is 12.3. The second-order valence-corrected chi connectivity index (χ2v) is 19.6. The summed E-state index contributed by atoms with van der Waals surface area (Å²) >= 11 is 12.1. The van der Waals surface area contributed by atoms with Gasteiger partial charge in [0.1, 0.15) is 8.07 Å². The third-order valence-electron chi connectivity index (χ3n) is 8.45. The Labute approximate surface area is 234 Å². The molecule has 0 saturated heterocycles. The first-order valence-corrected chi connectivity index (χ1v) is 18.6. The molecule has 0 N–H and O–H groups in total. The number of fused-ring (bicyclic) bond motifs is 4. The zero-order valence-corrected chi connectivity index (χ0v) is 27.3. The molecule has 5 heteroatoms. The van der Waals surface area contributed by atoms with Crippen LogP contribution in [-0.4, -0.2) is 18.6 Å². The molecule has 0 aromatic heterocycles. The lowest BCUT2D eigenvalue weighted by Crippen LogP contribution is -2.38. The van der Waals surface area contributed by atoms with Gasteiger partial charge in [-0.2, -0.15) is 0 Å². The standard InChI is InChI=1S/C30H30Br2S2Si/c1-13-9-19-21(11-23-25(27(19)31)15(3)17(5)33-23)29(13)35(7,8)30-14(2)10-20-22(30)12-24-26(28(20)32)16(4)18(6)34-24/h9-12,17-18H,1-8H3. The predicted molar refractivity (Wildman–Crippen MR) is 167 cm³/mol. The van der Waals surface area contributed by atoms with Crippen LogP contribution >= 0.6 is 55.4 Å². The molecule has 2 heterocycles. The highest BCUT2D eigenvalue weighted by Crippen LogP contribution is 2.42. The molecule has 0 amide bonds. The zero-order chi connectivity index (χ0) is 25.1. The van der Waals surface area contributed by atoms with Crippen molar-refractivity contribution in [3.05, 3.63) is 64.2 Å². The minimum Gasteiger partial charge on any atom is -0.118 e. The fourth-order valence-corrected chi connectivity index (χ4v) is 15.2. The van der Waals surface area contributed by atoms with Gasteiger partial charge in [0.15, 0.2) is 0 Å². The normalized spacial score (nSPS) is 22.5. The Morgan fingerprint density at radius 2 is 1.06 bits per heavy atom. The number of benzene rings is 2. The maximum Gasteiger partial charge on any atom is 0.114 e. The van der Waals surface area contributed by atoms with Crippen LogP contribution in [0.2, 0.25) is 13.1 Å². The fourth-order valence-electron chi connectivity index (χ4n) is 6.65. The molecule has 2 unspecified atom stereocenters. The van der Waals surface area contributed by atoms with Crippen LogP contribution in [0.25, 0.3) is 33.7 Å². The van der Waals surface area contributed by atoms with Gasteiger partial charge in [0, 0.05) is 39.7 Å². The Morgan fingerprint density at radius 3 is 1.43 bits per heavy atom. The molecule has 2 aromatic carbocycles. The van der Waals surface area contributed by atoms with Crippen LogP contribution in [0.15, 0.2) is 42.0 Å². The van der Waals surface area contributed by atoms with Gasteiger partial charge in [-0.25, -0.2) is 0 Å². The van der Waals surface area contributed by atoms with E-state index in [4.69, 9.17) is 0 Å². The summed E-state index contributed by atoms with van der Waals surface area (Å²) in [7, 11) is -2.02. The lowest BCUT2D eigenvalue weighted by atomic mass is 10.1. The van der Waals surface area contributed by atoms with Crippen molar-refractivity contribution in [2.24, 2.45) is 0 Å². The summed E-state index contributed by atoms with van der Waals surface area (Å²) in [4.78, 5) is 2.87. The van der Waals surface area contributed by atoms with E-state index in [0.717, 1.165) is 0 Å². The lowest BCUT2D eigenvalue weighted by molar-refractivity contribution is 1.24. The van der Waals surface area contributed by atoms with Crippen LogP contribution in [0.4, 0.5) is 0 Å². The summed E-state index contributed by atoms with van der Waals surface area (Å²) in [5.41, 5.74) is 8.64. The van der Waals surface area contributed by atoms with E-state index in [1.807, 2.05) is 23.5 Å². The van der Waals surface area contributed by atoms with Gasteiger partial charge in [0.25, 0.3) is 0 Å². The van der Waals surface area contributed by atoms with Crippen LogP contribution in [0.3, 0.4) is 0 Å². The van der Waals surface area contributed by atoms with Crippen LogP contribution in [0.1, 0.15) is 52.7 Å². The molecule has 35 heavy (non-hydrogen) atoms. The van der Waals surface area contributed by atoms with Crippen molar-refractivity contribution >= 4 is 97.1 Å². The minimum atomic E-state index is -2.02. The summed E-state index contributed by atoms with van der Waals surface area (Å²) in [5, 5.41) is 10.1. The van der Waals surface area contributed by atoms with E-state index in [-0.39, 0.29) is 0 Å². The Balaban J connectivity index is 1.67. The van der Waals surface area contributed by atoms with Crippen LogP contribution < -0.4 is 20.9 Å². The molecule has 0 spiro atoms. The second-order valence-electron chi connectivity index (χ2n) is 11.0. The van der Waals surface area contributed by atoms with Gasteiger partial charge in [-0.3, -0.25) is 0 Å². The lowest BCUT2D eigenvalue weighted by Gasteiger charge is -2.29. The molecule has 180 valence electrons. The summed E-state index contributed by atoms with van der Waals surface area (Å²) < 4.78 is 2.58. The van der Waals surface area contributed by atoms with Crippen molar-refractivity contribution in [2.75, 3.05) is 0 Å². The largest absolute Gasteiger partial charge is 0.118 e. The fraction of sp³-hybridized carbons (Fsp3) is 0.333. The molecule has 0 saturated carbocycles. The van der Waals surface area contributed by atoms with E-state index in [9.17, 15) is 0 Å². The predicted octanol–water partition coefficient (Wildman–Crippen LogP) is 7.16. The molecule has 2 aliphatic heterocycles. The number of hydrogen-bond acceptors (Lipinski definition) is 2. The van der Waals surface area contributed by atoms with E-state index in [0.29, 0.717) is 10.5 Å². The van der Waals surface area contributed by atoms with E-state index in [1.54, 1.807) is 10.4 Å². The number of allylic oxidation sites excluding steroid dienone is 2. The summed E-state index contributed by atoms with van der Waals surface area (Å²) in [5.74, 6) is 0. The Morgan fingerprint density at radius 1 is 0.686 bits per heavy atom. The molecule has 0 radical (unpaired) electrons. The number of hydrogen-bond donors (Lipinski definition) is 0. The number of rotatable bonds is 2. The molecule has 2 atom stereocenters. The highest BCUT2D eigenvalue weighted by Gasteiger charge is 2.39. The van der Waals surface area contributed by atoms with Gasteiger partial charge in [0.2, 0.25) is 0 Å². The van der Waals surface area contributed by atoms with Gasteiger partial charge < -0.3 is 0 Å². The van der Waals surface area contributed by atoms with Crippen molar-refractivity contribution in [1.82, 2.24) is 0 Å². The van der Waals surface area contributed by atoms with Gasteiger partial charge in [-0.05, 0) is 117 Å². The average molecular weight is 643 g/mol. The van der Waals surface area contributed by atoms with Gasteiger partial charge in [0.05, 0.1) is 0 Å².